The summed E-state index contributed by atoms with van der Waals surface area (Å²) in [5.74, 6) is -0.383. The molecule has 1 aromatic carbocycles. The lowest BCUT2D eigenvalue weighted by Gasteiger charge is -2.11. The predicted molar refractivity (Wildman–Crippen MR) is 85.0 cm³/mol. The Hall–Kier alpha value is -1.82. The zero-order chi connectivity index (χ0) is 15.4. The minimum atomic E-state index is -0.383. The molecule has 6 heteroatoms. The number of aromatic nitrogens is 2. The van der Waals surface area contributed by atoms with Crippen molar-refractivity contribution in [3.05, 3.63) is 46.2 Å². The van der Waals surface area contributed by atoms with Crippen molar-refractivity contribution < 1.29 is 9.53 Å². The van der Waals surface area contributed by atoms with E-state index in [4.69, 9.17) is 10.5 Å². The number of nitrogen functional groups attached to an aromatic ring is 1. The van der Waals surface area contributed by atoms with E-state index >= 15 is 0 Å². The maximum atomic E-state index is 12.0. The zero-order valence-electron chi connectivity index (χ0n) is 12.0. The summed E-state index contributed by atoms with van der Waals surface area (Å²) >= 11 is 3.36. The number of carbonyl (C=O) groups is 1. The van der Waals surface area contributed by atoms with Crippen LogP contribution in [0.4, 0.5) is 5.69 Å². The first-order chi connectivity index (χ1) is 9.95. The molecule has 2 N–H and O–H groups in total. The highest BCUT2D eigenvalue weighted by Crippen LogP contribution is 2.17. The molecule has 0 aliphatic rings. The maximum absolute atomic E-state index is 12.0. The molecule has 0 saturated heterocycles. The number of hydrogen-bond acceptors (Lipinski definition) is 4. The topological polar surface area (TPSA) is 70.1 Å². The SMILES string of the molecule is CC(C)OC(=O)c1cc(CCn2cc(Br)cn2)ccc1N. The van der Waals surface area contributed by atoms with Gasteiger partial charge in [-0.05, 0) is 53.9 Å². The number of benzene rings is 1. The number of esters is 1. The fourth-order valence-electron chi connectivity index (χ4n) is 1.92. The molecule has 112 valence electrons. The van der Waals surface area contributed by atoms with E-state index in [0.717, 1.165) is 23.0 Å². The summed E-state index contributed by atoms with van der Waals surface area (Å²) in [6.07, 6.45) is 4.25. The lowest BCUT2D eigenvalue weighted by Crippen LogP contribution is -2.14. The van der Waals surface area contributed by atoms with Gasteiger partial charge in [0.05, 0.1) is 22.3 Å². The summed E-state index contributed by atoms with van der Waals surface area (Å²) in [5.41, 5.74) is 7.73. The van der Waals surface area contributed by atoms with E-state index in [1.54, 1.807) is 18.3 Å². The van der Waals surface area contributed by atoms with Gasteiger partial charge in [0, 0.05) is 18.4 Å². The maximum Gasteiger partial charge on any atom is 0.340 e. The third-order valence-corrected chi connectivity index (χ3v) is 3.32. The molecular weight excluding hydrogens is 334 g/mol. The van der Waals surface area contributed by atoms with Crippen molar-refractivity contribution in [3.8, 4) is 0 Å². The quantitative estimate of drug-likeness (QED) is 0.663. The third-order valence-electron chi connectivity index (χ3n) is 2.91. The fraction of sp³-hybridized carbons (Fsp3) is 0.333. The summed E-state index contributed by atoms with van der Waals surface area (Å²) in [4.78, 5) is 12.0. The largest absolute Gasteiger partial charge is 0.459 e. The van der Waals surface area contributed by atoms with Crippen molar-refractivity contribution >= 4 is 27.6 Å². The van der Waals surface area contributed by atoms with Gasteiger partial charge in [-0.3, -0.25) is 4.68 Å². The van der Waals surface area contributed by atoms with E-state index in [0.29, 0.717) is 11.3 Å². The number of hydrogen-bond donors (Lipinski definition) is 1. The van der Waals surface area contributed by atoms with Crippen LogP contribution in [0.1, 0.15) is 29.8 Å². The molecule has 2 rings (SSSR count). The monoisotopic (exact) mass is 351 g/mol. The van der Waals surface area contributed by atoms with Crippen LogP contribution in [-0.2, 0) is 17.7 Å². The van der Waals surface area contributed by atoms with Crippen LogP contribution in [0, 0.1) is 0 Å². The Morgan fingerprint density at radius 1 is 1.48 bits per heavy atom. The van der Waals surface area contributed by atoms with Crippen LogP contribution in [0.25, 0.3) is 0 Å². The normalized spacial score (nSPS) is 10.9. The minimum Gasteiger partial charge on any atom is -0.459 e. The molecule has 0 unspecified atom stereocenters. The standard InChI is InChI=1S/C15H18BrN3O2/c1-10(2)21-15(20)13-7-11(3-4-14(13)17)5-6-19-9-12(16)8-18-19/h3-4,7-10H,5-6,17H2,1-2H3. The molecule has 0 saturated carbocycles. The molecule has 0 bridgehead atoms. The van der Waals surface area contributed by atoms with Crippen molar-refractivity contribution in [2.24, 2.45) is 0 Å². The van der Waals surface area contributed by atoms with Crippen LogP contribution < -0.4 is 5.73 Å². The summed E-state index contributed by atoms with van der Waals surface area (Å²) in [6.45, 7) is 4.36. The molecule has 1 heterocycles. The van der Waals surface area contributed by atoms with Crippen molar-refractivity contribution in [1.82, 2.24) is 9.78 Å². The average molecular weight is 352 g/mol. The van der Waals surface area contributed by atoms with E-state index in [9.17, 15) is 4.79 Å². The van der Waals surface area contributed by atoms with Gasteiger partial charge in [-0.25, -0.2) is 4.79 Å². The molecule has 0 atom stereocenters. The van der Waals surface area contributed by atoms with E-state index in [1.807, 2.05) is 30.8 Å². The van der Waals surface area contributed by atoms with Gasteiger partial charge >= 0.3 is 5.97 Å². The van der Waals surface area contributed by atoms with Crippen molar-refractivity contribution in [3.63, 3.8) is 0 Å². The third kappa shape index (κ3) is 4.32. The molecule has 0 radical (unpaired) electrons. The fourth-order valence-corrected chi connectivity index (χ4v) is 2.25. The van der Waals surface area contributed by atoms with Crippen LogP contribution in [0.15, 0.2) is 35.1 Å². The number of anilines is 1. The second kappa shape index (κ2) is 6.76. The lowest BCUT2D eigenvalue weighted by atomic mass is 10.1. The molecule has 1 aromatic heterocycles. The Labute approximate surface area is 132 Å². The zero-order valence-corrected chi connectivity index (χ0v) is 13.6. The highest BCUT2D eigenvalue weighted by molar-refractivity contribution is 9.10. The smallest absolute Gasteiger partial charge is 0.340 e. The molecule has 0 amide bonds. The molecule has 0 aliphatic heterocycles. The summed E-state index contributed by atoms with van der Waals surface area (Å²) in [7, 11) is 0. The Morgan fingerprint density at radius 2 is 2.24 bits per heavy atom. The molecule has 0 aliphatic carbocycles. The number of rotatable bonds is 5. The highest BCUT2D eigenvalue weighted by atomic mass is 79.9. The van der Waals surface area contributed by atoms with Gasteiger partial charge in [0.1, 0.15) is 0 Å². The lowest BCUT2D eigenvalue weighted by molar-refractivity contribution is 0.0379. The molecule has 0 fully saturated rings. The van der Waals surface area contributed by atoms with E-state index in [2.05, 4.69) is 21.0 Å². The van der Waals surface area contributed by atoms with Gasteiger partial charge in [0.2, 0.25) is 0 Å². The Balaban J connectivity index is 2.09. The minimum absolute atomic E-state index is 0.165. The Bertz CT molecular complexity index is 638. The summed E-state index contributed by atoms with van der Waals surface area (Å²) in [6, 6.07) is 5.45. The van der Waals surface area contributed by atoms with E-state index in [-0.39, 0.29) is 12.1 Å². The van der Waals surface area contributed by atoms with Crippen molar-refractivity contribution in [2.75, 3.05) is 5.73 Å². The van der Waals surface area contributed by atoms with Crippen LogP contribution in [0.5, 0.6) is 0 Å². The van der Waals surface area contributed by atoms with Crippen molar-refractivity contribution in [2.45, 2.75) is 32.9 Å². The highest BCUT2D eigenvalue weighted by Gasteiger charge is 2.13. The molecule has 21 heavy (non-hydrogen) atoms. The molecule has 5 nitrogen and oxygen atoms in total. The van der Waals surface area contributed by atoms with Gasteiger partial charge in [-0.1, -0.05) is 6.07 Å². The van der Waals surface area contributed by atoms with Crippen LogP contribution in [0.3, 0.4) is 0 Å². The number of nitrogens with zero attached hydrogens (tertiary/aromatic N) is 2. The van der Waals surface area contributed by atoms with Crippen LogP contribution in [0.2, 0.25) is 0 Å². The summed E-state index contributed by atoms with van der Waals surface area (Å²) < 4.78 is 7.98. The number of aryl methyl sites for hydroxylation is 2. The number of ether oxygens (including phenoxy) is 1. The molecule has 2 aromatic rings. The molecular formula is C15H18BrN3O2. The summed E-state index contributed by atoms with van der Waals surface area (Å²) in [5, 5.41) is 4.20. The van der Waals surface area contributed by atoms with Gasteiger partial charge in [0.15, 0.2) is 0 Å². The number of nitrogens with two attached hydrogens (primary N) is 1. The van der Waals surface area contributed by atoms with Gasteiger partial charge in [0.25, 0.3) is 0 Å². The van der Waals surface area contributed by atoms with E-state index in [1.165, 1.54) is 0 Å². The number of halogens is 1. The second-order valence-electron chi connectivity index (χ2n) is 5.05. The van der Waals surface area contributed by atoms with Crippen LogP contribution in [-0.4, -0.2) is 21.9 Å². The van der Waals surface area contributed by atoms with Crippen LogP contribution >= 0.6 is 15.9 Å². The first kappa shape index (κ1) is 15.6. The van der Waals surface area contributed by atoms with Gasteiger partial charge in [-0.2, -0.15) is 5.10 Å². The second-order valence-corrected chi connectivity index (χ2v) is 5.96. The van der Waals surface area contributed by atoms with E-state index < -0.39 is 0 Å². The first-order valence-electron chi connectivity index (χ1n) is 6.73. The van der Waals surface area contributed by atoms with Crippen molar-refractivity contribution in [1.29, 1.82) is 0 Å². The predicted octanol–water partition coefficient (Wildman–Crippen LogP) is 3.04. The number of carbonyl (C=O) groups excluding carboxylic acids is 1. The Kier molecular flexibility index (Phi) is 5.01. The molecule has 0 spiro atoms. The Morgan fingerprint density at radius 3 is 2.86 bits per heavy atom. The van der Waals surface area contributed by atoms with Gasteiger partial charge in [-0.15, -0.1) is 0 Å². The first-order valence-corrected chi connectivity index (χ1v) is 7.52. The average Bonchev–Trinajstić information content (AvgIpc) is 2.82. The van der Waals surface area contributed by atoms with Gasteiger partial charge < -0.3 is 10.5 Å².